The smallest absolute Gasteiger partial charge is 0.222 e. The molecule has 5 nitrogen and oxygen atoms in total. The van der Waals surface area contributed by atoms with Gasteiger partial charge in [-0.3, -0.25) is 4.79 Å². The van der Waals surface area contributed by atoms with Crippen LogP contribution in [0.25, 0.3) is 0 Å². The first-order valence-electron chi connectivity index (χ1n) is 9.55. The van der Waals surface area contributed by atoms with Crippen LogP contribution in [0, 0.1) is 0 Å². The van der Waals surface area contributed by atoms with E-state index in [0.29, 0.717) is 32.5 Å². The summed E-state index contributed by atoms with van der Waals surface area (Å²) in [6.45, 7) is 4.64. The molecule has 1 unspecified atom stereocenters. The van der Waals surface area contributed by atoms with Crippen LogP contribution in [-0.2, 0) is 4.79 Å². The molecule has 0 spiro atoms. The zero-order valence-electron chi connectivity index (χ0n) is 15.0. The third kappa shape index (κ3) is 5.44. The molecule has 2 fully saturated rings. The predicted molar refractivity (Wildman–Crippen MR) is 97.6 cm³/mol. The van der Waals surface area contributed by atoms with Crippen molar-refractivity contribution >= 4 is 5.91 Å². The molecule has 0 aromatic heterocycles. The van der Waals surface area contributed by atoms with Crippen LogP contribution in [0.1, 0.15) is 38.5 Å². The van der Waals surface area contributed by atoms with Crippen molar-refractivity contribution < 1.29 is 14.6 Å². The van der Waals surface area contributed by atoms with Gasteiger partial charge in [-0.05, 0) is 57.3 Å². The van der Waals surface area contributed by atoms with Gasteiger partial charge in [-0.1, -0.05) is 18.2 Å². The monoisotopic (exact) mass is 346 g/mol. The van der Waals surface area contributed by atoms with Crippen LogP contribution in [0.2, 0.25) is 0 Å². The van der Waals surface area contributed by atoms with E-state index in [1.807, 2.05) is 35.2 Å². The lowest BCUT2D eigenvalue weighted by atomic mass is 9.92. The molecule has 0 aliphatic carbocycles. The quantitative estimate of drug-likeness (QED) is 0.770. The lowest BCUT2D eigenvalue weighted by molar-refractivity contribution is -0.139. The molecular formula is C20H30N2O3. The molecule has 2 heterocycles. The van der Waals surface area contributed by atoms with Crippen molar-refractivity contribution in [2.24, 2.45) is 0 Å². The van der Waals surface area contributed by atoms with E-state index in [4.69, 9.17) is 4.74 Å². The summed E-state index contributed by atoms with van der Waals surface area (Å²) < 4.78 is 5.65. The lowest BCUT2D eigenvalue weighted by Gasteiger charge is -2.41. The van der Waals surface area contributed by atoms with Crippen molar-refractivity contribution in [1.82, 2.24) is 9.80 Å². The van der Waals surface area contributed by atoms with Crippen molar-refractivity contribution in [3.05, 3.63) is 30.3 Å². The first-order chi connectivity index (χ1) is 12.1. The average molecular weight is 346 g/mol. The van der Waals surface area contributed by atoms with Crippen LogP contribution in [0.15, 0.2) is 30.3 Å². The molecule has 25 heavy (non-hydrogen) atoms. The first-order valence-corrected chi connectivity index (χ1v) is 9.55. The molecule has 1 atom stereocenters. The topological polar surface area (TPSA) is 53.0 Å². The van der Waals surface area contributed by atoms with Crippen molar-refractivity contribution in [3.8, 4) is 5.75 Å². The van der Waals surface area contributed by atoms with E-state index in [-0.39, 0.29) is 5.91 Å². The minimum absolute atomic E-state index is 0.135. The van der Waals surface area contributed by atoms with Crippen LogP contribution >= 0.6 is 0 Å². The number of aliphatic hydroxyl groups is 1. The Morgan fingerprint density at radius 3 is 2.64 bits per heavy atom. The van der Waals surface area contributed by atoms with E-state index in [2.05, 4.69) is 4.90 Å². The number of hydrogen-bond acceptors (Lipinski definition) is 4. The summed E-state index contributed by atoms with van der Waals surface area (Å²) in [4.78, 5) is 16.7. The van der Waals surface area contributed by atoms with Gasteiger partial charge in [-0.15, -0.1) is 0 Å². The Morgan fingerprint density at radius 2 is 1.88 bits per heavy atom. The second kappa shape index (κ2) is 8.68. The zero-order valence-corrected chi connectivity index (χ0v) is 15.0. The number of para-hydroxylation sites is 1. The van der Waals surface area contributed by atoms with E-state index in [9.17, 15) is 9.90 Å². The number of carbonyl (C=O) groups excluding carboxylic acids is 1. The Kier molecular flexibility index (Phi) is 6.32. The third-order valence-electron chi connectivity index (χ3n) is 5.17. The molecule has 1 N–H and O–H groups in total. The number of carbonyl (C=O) groups is 1. The fourth-order valence-electron chi connectivity index (χ4n) is 3.90. The second-order valence-corrected chi connectivity index (χ2v) is 7.39. The summed E-state index contributed by atoms with van der Waals surface area (Å²) in [5.41, 5.74) is -0.737. The summed E-state index contributed by atoms with van der Waals surface area (Å²) in [5, 5.41) is 10.9. The standard InChI is InChI=1S/C20H30N2O3/c23-19(10-6-15-25-18-8-2-1-3-9-18)22-14-7-11-20(24,17-22)16-21-12-4-5-13-21/h1-3,8-9,24H,4-7,10-17H2. The van der Waals surface area contributed by atoms with E-state index in [1.165, 1.54) is 12.8 Å². The Bertz CT molecular complexity index is 545. The highest BCUT2D eigenvalue weighted by molar-refractivity contribution is 5.76. The van der Waals surface area contributed by atoms with Crippen LogP contribution in [0.4, 0.5) is 0 Å². The summed E-state index contributed by atoms with van der Waals surface area (Å²) in [6.07, 6.45) is 5.31. The van der Waals surface area contributed by atoms with Gasteiger partial charge in [0, 0.05) is 19.5 Å². The van der Waals surface area contributed by atoms with Gasteiger partial charge < -0.3 is 19.6 Å². The first kappa shape index (κ1) is 18.2. The number of β-amino-alcohol motifs (C(OH)–C–C–N with tert-alkyl or cyclic N) is 1. The molecule has 2 aliphatic rings. The third-order valence-corrected chi connectivity index (χ3v) is 5.17. The number of ether oxygens (including phenoxy) is 1. The molecule has 1 amide bonds. The molecular weight excluding hydrogens is 316 g/mol. The second-order valence-electron chi connectivity index (χ2n) is 7.39. The molecule has 1 aromatic carbocycles. The lowest BCUT2D eigenvalue weighted by Crippen LogP contribution is -2.55. The fraction of sp³-hybridized carbons (Fsp3) is 0.650. The highest BCUT2D eigenvalue weighted by atomic mass is 16.5. The highest BCUT2D eigenvalue weighted by Gasteiger charge is 2.36. The van der Waals surface area contributed by atoms with E-state index < -0.39 is 5.60 Å². The number of nitrogens with zero attached hydrogens (tertiary/aromatic N) is 2. The van der Waals surface area contributed by atoms with Crippen LogP contribution in [0.5, 0.6) is 5.75 Å². The number of amides is 1. The van der Waals surface area contributed by atoms with E-state index in [1.54, 1.807) is 0 Å². The Balaban J connectivity index is 1.40. The van der Waals surface area contributed by atoms with Gasteiger partial charge in [0.05, 0.1) is 18.8 Å². The van der Waals surface area contributed by atoms with E-state index >= 15 is 0 Å². The van der Waals surface area contributed by atoms with E-state index in [0.717, 1.165) is 38.2 Å². The summed E-state index contributed by atoms with van der Waals surface area (Å²) in [6, 6.07) is 9.68. The van der Waals surface area contributed by atoms with Gasteiger partial charge in [0.1, 0.15) is 5.75 Å². The molecule has 0 bridgehead atoms. The number of rotatable bonds is 7. The SMILES string of the molecule is O=C(CCCOc1ccccc1)N1CCCC(O)(CN2CCCC2)C1. The number of likely N-dealkylation sites (tertiary alicyclic amines) is 2. The van der Waals surface area contributed by atoms with Crippen molar-refractivity contribution in [2.45, 2.75) is 44.1 Å². The molecule has 0 radical (unpaired) electrons. The maximum atomic E-state index is 12.5. The average Bonchev–Trinajstić information content (AvgIpc) is 3.11. The number of piperidine rings is 1. The molecule has 2 saturated heterocycles. The van der Waals surface area contributed by atoms with Gasteiger partial charge in [0.15, 0.2) is 0 Å². The summed E-state index contributed by atoms with van der Waals surface area (Å²) in [5.74, 6) is 0.976. The fourth-order valence-corrected chi connectivity index (χ4v) is 3.90. The van der Waals surface area contributed by atoms with Crippen LogP contribution in [-0.4, -0.2) is 65.7 Å². The van der Waals surface area contributed by atoms with Gasteiger partial charge in [0.2, 0.25) is 5.91 Å². The van der Waals surface area contributed by atoms with Gasteiger partial charge in [0.25, 0.3) is 0 Å². The molecule has 2 aliphatic heterocycles. The Labute approximate surface area is 150 Å². The summed E-state index contributed by atoms with van der Waals surface area (Å²) in [7, 11) is 0. The maximum Gasteiger partial charge on any atom is 0.222 e. The molecule has 5 heteroatoms. The number of benzene rings is 1. The normalized spacial score (nSPS) is 24.4. The summed E-state index contributed by atoms with van der Waals surface area (Å²) >= 11 is 0. The molecule has 0 saturated carbocycles. The minimum Gasteiger partial charge on any atom is -0.494 e. The number of hydrogen-bond donors (Lipinski definition) is 1. The zero-order chi connectivity index (χ0) is 17.5. The Hall–Kier alpha value is -1.59. The van der Waals surface area contributed by atoms with Gasteiger partial charge >= 0.3 is 0 Å². The van der Waals surface area contributed by atoms with Crippen molar-refractivity contribution in [3.63, 3.8) is 0 Å². The predicted octanol–water partition coefficient (Wildman–Crippen LogP) is 2.29. The van der Waals surface area contributed by atoms with Crippen molar-refractivity contribution in [2.75, 3.05) is 39.3 Å². The Morgan fingerprint density at radius 1 is 1.12 bits per heavy atom. The molecule has 138 valence electrons. The van der Waals surface area contributed by atoms with Gasteiger partial charge in [-0.2, -0.15) is 0 Å². The van der Waals surface area contributed by atoms with Crippen LogP contribution < -0.4 is 4.74 Å². The van der Waals surface area contributed by atoms with Gasteiger partial charge in [-0.25, -0.2) is 0 Å². The van der Waals surface area contributed by atoms with Crippen LogP contribution in [0.3, 0.4) is 0 Å². The maximum absolute atomic E-state index is 12.5. The van der Waals surface area contributed by atoms with Crippen molar-refractivity contribution in [1.29, 1.82) is 0 Å². The largest absolute Gasteiger partial charge is 0.494 e. The minimum atomic E-state index is -0.737. The highest BCUT2D eigenvalue weighted by Crippen LogP contribution is 2.24. The molecule has 3 rings (SSSR count). The molecule has 1 aromatic rings.